The van der Waals surface area contributed by atoms with Crippen molar-refractivity contribution < 1.29 is 53.7 Å². The van der Waals surface area contributed by atoms with E-state index in [1.54, 1.807) is 6.07 Å². The van der Waals surface area contributed by atoms with Crippen molar-refractivity contribution in [1.82, 2.24) is 5.16 Å². The second-order valence-corrected chi connectivity index (χ2v) is 11.3. The molecule has 1 aromatic heterocycles. The number of rotatable bonds is 5. The summed E-state index contributed by atoms with van der Waals surface area (Å²) in [6.45, 7) is 0. The second kappa shape index (κ2) is 10.7. The lowest BCUT2D eigenvalue weighted by molar-refractivity contribution is -0.167. The number of Topliss-reactive ketones (excluding diaryl/α,β-unsaturated/α-hetero) is 2. The Kier molecular flexibility index (Phi) is 7.05. The lowest BCUT2D eigenvalue weighted by Crippen LogP contribution is -2.63. The summed E-state index contributed by atoms with van der Waals surface area (Å²) in [6.07, 6.45) is -0.425. The molecule has 1 fully saturated rings. The fourth-order valence-corrected chi connectivity index (χ4v) is 6.81. The number of hydrogen-bond donors (Lipinski definition) is 6. The van der Waals surface area contributed by atoms with Crippen molar-refractivity contribution in [2.24, 2.45) is 23.5 Å². The first kappa shape index (κ1) is 29.7. The van der Waals surface area contributed by atoms with Crippen LogP contribution in [0.4, 0.5) is 5.69 Å². The number of phenols is 1. The van der Waals surface area contributed by atoms with E-state index >= 15 is 0 Å². The molecule has 3 aliphatic rings. The zero-order valence-electron chi connectivity index (χ0n) is 23.6. The number of ketones is 2. The molecule has 1 heterocycles. The number of benzene rings is 2. The molecule has 14 heteroatoms. The summed E-state index contributed by atoms with van der Waals surface area (Å²) in [5.41, 5.74) is 3.55. The minimum absolute atomic E-state index is 0.0227. The van der Waals surface area contributed by atoms with Crippen LogP contribution < -0.4 is 11.1 Å². The van der Waals surface area contributed by atoms with Gasteiger partial charge in [-0.15, -0.1) is 0 Å². The number of nitrogens with zero attached hydrogens (tertiary/aromatic N) is 1. The number of carbonyl (C=O) groups excluding carboxylic acids is 5. The van der Waals surface area contributed by atoms with Crippen molar-refractivity contribution in [2.45, 2.75) is 31.0 Å². The fourth-order valence-electron chi connectivity index (χ4n) is 6.81. The highest BCUT2D eigenvalue weighted by Gasteiger charge is 2.62. The molecule has 0 saturated heterocycles. The number of allylic oxidation sites excluding steroid dienone is 1. The average molecular weight is 618 g/mol. The number of aliphatic hydroxyl groups is 3. The number of aromatic hydroxyl groups is 1. The molecule has 6 rings (SSSR count). The standard InChI is InChI=1S/C31H27N3O11/c1-44-30(42)14-6-12(8-16(9-14)34-29(41)21-4-5-33-45-21)17-2-3-19(35)23-18(17)10-13-7-15-11-20(36)24(28(32)40)27(39)31(15,43)26(38)22(13)25(23)37/h2-6,8-9,13,15,20,24,35-36,38,43H,7,10-11H2,1H3,(H2,32,40)(H,34,41)/t13-,15+,20?,24?,31+/m1/s1. The molecule has 45 heavy (non-hydrogen) atoms. The van der Waals surface area contributed by atoms with E-state index in [0.717, 1.165) is 0 Å². The number of aromatic nitrogens is 1. The molecule has 232 valence electrons. The molecule has 2 unspecified atom stereocenters. The third-order valence-electron chi connectivity index (χ3n) is 8.86. The van der Waals surface area contributed by atoms with E-state index in [2.05, 4.69) is 10.5 Å². The zero-order chi connectivity index (χ0) is 32.4. The van der Waals surface area contributed by atoms with E-state index in [0.29, 0.717) is 16.7 Å². The number of ether oxygens (including phenoxy) is 1. The Morgan fingerprint density at radius 2 is 1.87 bits per heavy atom. The lowest BCUT2D eigenvalue weighted by atomic mass is 9.57. The number of primary amides is 1. The summed E-state index contributed by atoms with van der Waals surface area (Å²) in [6, 6.07) is 8.52. The van der Waals surface area contributed by atoms with Gasteiger partial charge in [-0.3, -0.25) is 19.2 Å². The number of anilines is 1. The largest absolute Gasteiger partial charge is 0.508 e. The number of nitrogens with one attached hydrogen (secondary N) is 1. The van der Waals surface area contributed by atoms with Crippen molar-refractivity contribution in [3.63, 3.8) is 0 Å². The van der Waals surface area contributed by atoms with Gasteiger partial charge in [0.2, 0.25) is 11.7 Å². The second-order valence-electron chi connectivity index (χ2n) is 11.3. The molecule has 0 spiro atoms. The number of nitrogens with two attached hydrogens (primary N) is 1. The Morgan fingerprint density at radius 1 is 1.11 bits per heavy atom. The maximum absolute atomic E-state index is 13.9. The van der Waals surface area contributed by atoms with E-state index < -0.39 is 70.3 Å². The normalized spacial score (nSPS) is 25.6. The predicted octanol–water partition coefficient (Wildman–Crippen LogP) is 1.44. The fraction of sp³-hybridized carbons (Fsp3) is 0.290. The summed E-state index contributed by atoms with van der Waals surface area (Å²) >= 11 is 0. The van der Waals surface area contributed by atoms with Crippen molar-refractivity contribution in [2.75, 3.05) is 12.4 Å². The number of amides is 2. The van der Waals surface area contributed by atoms with Gasteiger partial charge >= 0.3 is 5.97 Å². The Balaban J connectivity index is 1.47. The molecule has 14 nitrogen and oxygen atoms in total. The smallest absolute Gasteiger partial charge is 0.337 e. The Labute approximate surface area is 254 Å². The lowest BCUT2D eigenvalue weighted by Gasteiger charge is -2.48. The molecule has 2 aromatic carbocycles. The van der Waals surface area contributed by atoms with Gasteiger partial charge in [0, 0.05) is 23.2 Å². The Hall–Kier alpha value is -5.34. The molecule has 0 radical (unpaired) electrons. The van der Waals surface area contributed by atoms with E-state index in [-0.39, 0.29) is 47.4 Å². The summed E-state index contributed by atoms with van der Waals surface area (Å²) in [5.74, 6) is -9.61. The highest BCUT2D eigenvalue weighted by Crippen LogP contribution is 2.52. The van der Waals surface area contributed by atoms with E-state index in [1.807, 2.05) is 0 Å². The van der Waals surface area contributed by atoms with Gasteiger partial charge in [0.1, 0.15) is 17.4 Å². The maximum Gasteiger partial charge on any atom is 0.337 e. The molecule has 0 aliphatic heterocycles. The van der Waals surface area contributed by atoms with E-state index in [9.17, 15) is 44.4 Å². The number of esters is 1. The van der Waals surface area contributed by atoms with Gasteiger partial charge in [0.05, 0.1) is 30.5 Å². The van der Waals surface area contributed by atoms with Crippen LogP contribution in [-0.2, 0) is 20.7 Å². The quantitative estimate of drug-likeness (QED) is 0.176. The van der Waals surface area contributed by atoms with Crippen molar-refractivity contribution in [3.8, 4) is 16.9 Å². The zero-order valence-corrected chi connectivity index (χ0v) is 23.6. The van der Waals surface area contributed by atoms with Crippen LogP contribution in [-0.4, -0.2) is 73.7 Å². The molecule has 5 atom stereocenters. The van der Waals surface area contributed by atoms with Crippen molar-refractivity contribution in [3.05, 3.63) is 76.4 Å². The number of carbonyl (C=O) groups is 5. The summed E-state index contributed by atoms with van der Waals surface area (Å²) in [5, 5.41) is 50.2. The van der Waals surface area contributed by atoms with Crippen LogP contribution in [0.25, 0.3) is 11.1 Å². The van der Waals surface area contributed by atoms with Crippen LogP contribution >= 0.6 is 0 Å². The first-order valence-corrected chi connectivity index (χ1v) is 13.9. The number of hydrogen-bond acceptors (Lipinski definition) is 12. The minimum Gasteiger partial charge on any atom is -0.508 e. The SMILES string of the molecule is COC(=O)c1cc(NC(=O)c2ccno2)cc(-c2ccc(O)c3c2C[C@H]2C[C@H]4CC(O)C(C(N)=O)C(=O)[C@@]4(O)C(O)=C2C3=O)c1. The van der Waals surface area contributed by atoms with Crippen LogP contribution in [0.1, 0.15) is 49.7 Å². The van der Waals surface area contributed by atoms with Crippen LogP contribution in [0, 0.1) is 17.8 Å². The summed E-state index contributed by atoms with van der Waals surface area (Å²) < 4.78 is 9.78. The number of aliphatic hydroxyl groups excluding tert-OH is 2. The number of fused-ring (bicyclic) bond motifs is 3. The minimum atomic E-state index is -2.63. The molecular weight excluding hydrogens is 590 g/mol. The number of phenolic OH excluding ortho intramolecular Hbond substituents is 1. The van der Waals surface area contributed by atoms with Crippen molar-refractivity contribution >= 4 is 35.0 Å². The third kappa shape index (κ3) is 4.57. The van der Waals surface area contributed by atoms with E-state index in [1.165, 1.54) is 43.6 Å². The summed E-state index contributed by atoms with van der Waals surface area (Å²) in [7, 11) is 1.19. The van der Waals surface area contributed by atoms with Gasteiger partial charge in [-0.1, -0.05) is 11.2 Å². The van der Waals surface area contributed by atoms with Crippen molar-refractivity contribution in [1.29, 1.82) is 0 Å². The van der Waals surface area contributed by atoms with Crippen LogP contribution in [0.15, 0.2) is 58.5 Å². The molecule has 2 amide bonds. The molecular formula is C31H27N3O11. The maximum atomic E-state index is 13.9. The average Bonchev–Trinajstić information content (AvgIpc) is 3.54. The third-order valence-corrected chi connectivity index (χ3v) is 8.86. The molecule has 7 N–H and O–H groups in total. The molecule has 1 saturated carbocycles. The first-order valence-electron chi connectivity index (χ1n) is 13.9. The highest BCUT2D eigenvalue weighted by atomic mass is 16.5. The van der Waals surface area contributed by atoms with Gasteiger partial charge in [0.25, 0.3) is 5.91 Å². The molecule has 3 aromatic rings. The Bertz CT molecular complexity index is 1830. The van der Waals surface area contributed by atoms with Gasteiger partial charge in [0.15, 0.2) is 17.2 Å². The number of methoxy groups -OCH3 is 1. The van der Waals surface area contributed by atoms with Gasteiger partial charge in [-0.25, -0.2) is 4.79 Å². The van der Waals surface area contributed by atoms with Gasteiger partial charge in [-0.05, 0) is 66.1 Å². The van der Waals surface area contributed by atoms with Gasteiger partial charge in [-0.2, -0.15) is 0 Å². The van der Waals surface area contributed by atoms with E-state index in [4.69, 9.17) is 15.0 Å². The predicted molar refractivity (Wildman–Crippen MR) is 152 cm³/mol. The van der Waals surface area contributed by atoms with Gasteiger partial charge < -0.3 is 40.7 Å². The molecule has 0 bridgehead atoms. The van der Waals surface area contributed by atoms with Crippen LogP contribution in [0.3, 0.4) is 0 Å². The first-order chi connectivity index (χ1) is 21.4. The summed E-state index contributed by atoms with van der Waals surface area (Å²) in [4.78, 5) is 64.3. The molecule has 3 aliphatic carbocycles. The topological polar surface area (TPSA) is 240 Å². The van der Waals surface area contributed by atoms with Crippen LogP contribution in [0.5, 0.6) is 5.75 Å². The highest BCUT2D eigenvalue weighted by molar-refractivity contribution is 6.16. The monoisotopic (exact) mass is 617 g/mol. The Morgan fingerprint density at radius 3 is 2.53 bits per heavy atom. The van der Waals surface area contributed by atoms with Crippen LogP contribution in [0.2, 0.25) is 0 Å².